The molecule has 3 rings (SSSR count). The smallest absolute Gasteiger partial charge is 0.191 e. The number of nitrogens with one attached hydrogen (secondary N) is 2. The molecule has 1 aromatic rings. The summed E-state index contributed by atoms with van der Waals surface area (Å²) in [4.78, 5) is 9.43. The minimum absolute atomic E-state index is 0.627. The highest BCUT2D eigenvalue weighted by Gasteiger charge is 2.22. The van der Waals surface area contributed by atoms with Gasteiger partial charge in [0, 0.05) is 45.8 Å². The number of morpholine rings is 1. The first-order valence-corrected chi connectivity index (χ1v) is 10.4. The molecule has 150 valence electrons. The van der Waals surface area contributed by atoms with E-state index in [0.717, 1.165) is 58.4 Å². The summed E-state index contributed by atoms with van der Waals surface area (Å²) in [5, 5.41) is 7.01. The largest absolute Gasteiger partial charge is 0.379 e. The summed E-state index contributed by atoms with van der Waals surface area (Å²) in [6.07, 6.45) is 2.58. The minimum atomic E-state index is 0.627. The van der Waals surface area contributed by atoms with Crippen molar-refractivity contribution in [3.05, 3.63) is 35.4 Å². The van der Waals surface area contributed by atoms with E-state index in [9.17, 15) is 0 Å². The number of rotatable bonds is 7. The predicted molar refractivity (Wildman–Crippen MR) is 111 cm³/mol. The van der Waals surface area contributed by atoms with Gasteiger partial charge in [-0.15, -0.1) is 0 Å². The third kappa shape index (κ3) is 5.92. The van der Waals surface area contributed by atoms with Crippen molar-refractivity contribution in [1.29, 1.82) is 0 Å². The monoisotopic (exact) mass is 373 g/mol. The highest BCUT2D eigenvalue weighted by molar-refractivity contribution is 5.79. The van der Waals surface area contributed by atoms with Gasteiger partial charge in [-0.05, 0) is 37.1 Å². The van der Waals surface area contributed by atoms with Gasteiger partial charge in [-0.2, -0.15) is 0 Å². The fourth-order valence-corrected chi connectivity index (χ4v) is 4.04. The third-order valence-corrected chi connectivity index (χ3v) is 5.70. The first-order valence-electron chi connectivity index (χ1n) is 10.4. The molecule has 0 radical (unpaired) electrons. The number of hydrogen-bond acceptors (Lipinski definition) is 4. The number of benzene rings is 1. The van der Waals surface area contributed by atoms with Gasteiger partial charge in [0.25, 0.3) is 0 Å². The van der Waals surface area contributed by atoms with E-state index in [0.29, 0.717) is 6.04 Å². The molecule has 2 saturated heterocycles. The van der Waals surface area contributed by atoms with E-state index < -0.39 is 0 Å². The number of ether oxygens (including phenoxy) is 1. The van der Waals surface area contributed by atoms with Crippen LogP contribution in [0.15, 0.2) is 29.3 Å². The van der Waals surface area contributed by atoms with Crippen LogP contribution >= 0.6 is 0 Å². The lowest BCUT2D eigenvalue weighted by molar-refractivity contribution is 0.0341. The van der Waals surface area contributed by atoms with Gasteiger partial charge in [-0.25, -0.2) is 0 Å². The molecule has 0 aliphatic carbocycles. The molecular weight excluding hydrogens is 338 g/mol. The Labute approximate surface area is 164 Å². The van der Waals surface area contributed by atoms with Gasteiger partial charge in [-0.3, -0.25) is 14.8 Å². The molecule has 2 fully saturated rings. The standard InChI is InChI=1S/C21H35N5O/c1-3-26-10-6-9-20(26)16-24-21(22-2)23-15-18-7-4-5-8-19(18)17-25-11-13-27-14-12-25/h4-5,7-8,20H,3,6,9-17H2,1-2H3,(H2,22,23,24). The summed E-state index contributed by atoms with van der Waals surface area (Å²) >= 11 is 0. The first-order chi connectivity index (χ1) is 13.3. The normalized spacial score (nSPS) is 22.1. The number of guanidine groups is 1. The Morgan fingerprint density at radius 3 is 2.67 bits per heavy atom. The summed E-state index contributed by atoms with van der Waals surface area (Å²) in [6.45, 7) is 11.1. The second-order valence-corrected chi connectivity index (χ2v) is 7.39. The zero-order chi connectivity index (χ0) is 18.9. The lowest BCUT2D eigenvalue weighted by atomic mass is 10.1. The summed E-state index contributed by atoms with van der Waals surface area (Å²) in [7, 11) is 1.85. The number of likely N-dealkylation sites (tertiary alicyclic amines) is 1. The molecule has 2 heterocycles. The van der Waals surface area contributed by atoms with Crippen molar-refractivity contribution < 1.29 is 4.74 Å². The van der Waals surface area contributed by atoms with Crippen LogP contribution in [-0.2, 0) is 17.8 Å². The molecule has 2 aliphatic rings. The van der Waals surface area contributed by atoms with E-state index in [2.05, 4.69) is 56.6 Å². The number of hydrogen-bond donors (Lipinski definition) is 2. The molecule has 27 heavy (non-hydrogen) atoms. The maximum Gasteiger partial charge on any atom is 0.191 e. The van der Waals surface area contributed by atoms with Gasteiger partial charge >= 0.3 is 0 Å². The van der Waals surface area contributed by atoms with E-state index in [1.54, 1.807) is 0 Å². The Balaban J connectivity index is 1.50. The summed E-state index contributed by atoms with van der Waals surface area (Å²) in [5.41, 5.74) is 2.72. The number of likely N-dealkylation sites (N-methyl/N-ethyl adjacent to an activating group) is 1. The molecule has 0 saturated carbocycles. The Kier molecular flexibility index (Phi) is 7.93. The molecule has 0 spiro atoms. The summed E-state index contributed by atoms with van der Waals surface area (Å²) in [5.74, 6) is 0.888. The van der Waals surface area contributed by atoms with Gasteiger partial charge in [0.2, 0.25) is 0 Å². The maximum absolute atomic E-state index is 5.46. The topological polar surface area (TPSA) is 52.1 Å². The third-order valence-electron chi connectivity index (χ3n) is 5.70. The lowest BCUT2D eigenvalue weighted by Crippen LogP contribution is -2.44. The van der Waals surface area contributed by atoms with E-state index in [1.807, 2.05) is 7.05 Å². The Bertz CT molecular complexity index is 600. The molecule has 1 aromatic carbocycles. The molecule has 0 bridgehead atoms. The van der Waals surface area contributed by atoms with Crippen LogP contribution in [0.3, 0.4) is 0 Å². The fraction of sp³-hybridized carbons (Fsp3) is 0.667. The molecule has 1 unspecified atom stereocenters. The fourth-order valence-electron chi connectivity index (χ4n) is 4.04. The molecule has 0 aromatic heterocycles. The van der Waals surface area contributed by atoms with Crippen molar-refractivity contribution in [2.24, 2.45) is 4.99 Å². The van der Waals surface area contributed by atoms with Crippen LogP contribution in [-0.4, -0.2) is 74.8 Å². The molecule has 0 amide bonds. The van der Waals surface area contributed by atoms with Crippen LogP contribution in [0.2, 0.25) is 0 Å². The van der Waals surface area contributed by atoms with E-state index in [-0.39, 0.29) is 0 Å². The second kappa shape index (κ2) is 10.6. The maximum atomic E-state index is 5.46. The molecule has 2 N–H and O–H groups in total. The van der Waals surface area contributed by atoms with Crippen LogP contribution in [0.5, 0.6) is 0 Å². The van der Waals surface area contributed by atoms with Crippen LogP contribution < -0.4 is 10.6 Å². The average Bonchev–Trinajstić information content (AvgIpc) is 3.17. The second-order valence-electron chi connectivity index (χ2n) is 7.39. The van der Waals surface area contributed by atoms with E-state index >= 15 is 0 Å². The molecule has 6 heteroatoms. The van der Waals surface area contributed by atoms with E-state index in [1.165, 1.54) is 30.5 Å². The Hall–Kier alpha value is -1.63. The quantitative estimate of drug-likeness (QED) is 0.562. The van der Waals surface area contributed by atoms with Crippen molar-refractivity contribution in [3.63, 3.8) is 0 Å². The van der Waals surface area contributed by atoms with Gasteiger partial charge in [0.15, 0.2) is 5.96 Å². The Morgan fingerprint density at radius 2 is 1.93 bits per heavy atom. The van der Waals surface area contributed by atoms with Crippen LogP contribution in [0.25, 0.3) is 0 Å². The SMILES string of the molecule is CCN1CCCC1CNC(=NC)NCc1ccccc1CN1CCOCC1. The number of nitrogens with zero attached hydrogens (tertiary/aromatic N) is 3. The molecule has 2 aliphatic heterocycles. The van der Waals surface area contributed by atoms with Crippen LogP contribution in [0, 0.1) is 0 Å². The molecular formula is C21H35N5O. The summed E-state index contributed by atoms with van der Waals surface area (Å²) < 4.78 is 5.46. The van der Waals surface area contributed by atoms with Crippen LogP contribution in [0.1, 0.15) is 30.9 Å². The van der Waals surface area contributed by atoms with Crippen molar-refractivity contribution in [2.75, 3.05) is 53.0 Å². The molecule has 6 nitrogen and oxygen atoms in total. The minimum Gasteiger partial charge on any atom is -0.379 e. The van der Waals surface area contributed by atoms with E-state index in [4.69, 9.17) is 4.74 Å². The lowest BCUT2D eigenvalue weighted by Gasteiger charge is -2.27. The predicted octanol–water partition coefficient (Wildman–Crippen LogP) is 1.67. The molecule has 1 atom stereocenters. The van der Waals surface area contributed by atoms with Crippen LogP contribution in [0.4, 0.5) is 0 Å². The summed E-state index contributed by atoms with van der Waals surface area (Å²) in [6, 6.07) is 9.33. The van der Waals surface area contributed by atoms with Gasteiger partial charge in [0.1, 0.15) is 0 Å². The van der Waals surface area contributed by atoms with Gasteiger partial charge in [-0.1, -0.05) is 31.2 Å². The van der Waals surface area contributed by atoms with Gasteiger partial charge < -0.3 is 15.4 Å². The zero-order valence-electron chi connectivity index (χ0n) is 16.9. The highest BCUT2D eigenvalue weighted by atomic mass is 16.5. The average molecular weight is 374 g/mol. The zero-order valence-corrected chi connectivity index (χ0v) is 16.9. The van der Waals surface area contributed by atoms with Crippen molar-refractivity contribution in [1.82, 2.24) is 20.4 Å². The highest BCUT2D eigenvalue weighted by Crippen LogP contribution is 2.16. The first kappa shape index (κ1) is 20.1. The Morgan fingerprint density at radius 1 is 1.15 bits per heavy atom. The van der Waals surface area contributed by atoms with Crippen molar-refractivity contribution >= 4 is 5.96 Å². The van der Waals surface area contributed by atoms with Crippen molar-refractivity contribution in [2.45, 2.75) is 38.9 Å². The number of aliphatic imine (C=N–C) groups is 1. The van der Waals surface area contributed by atoms with Gasteiger partial charge in [0.05, 0.1) is 13.2 Å². The van der Waals surface area contributed by atoms with Crippen molar-refractivity contribution in [3.8, 4) is 0 Å².